The van der Waals surface area contributed by atoms with E-state index in [9.17, 15) is 0 Å². The minimum absolute atomic E-state index is 0.0208. The van der Waals surface area contributed by atoms with Crippen molar-refractivity contribution < 1.29 is 4.74 Å². The lowest BCUT2D eigenvalue weighted by Gasteiger charge is -2.43. The Hall–Kier alpha value is -0.670. The van der Waals surface area contributed by atoms with Gasteiger partial charge in [0.05, 0.1) is 0 Å². The average molecular weight is 249 g/mol. The van der Waals surface area contributed by atoms with Crippen molar-refractivity contribution in [1.82, 2.24) is 0 Å². The molecule has 0 unspecified atom stereocenters. The molecule has 0 aromatic heterocycles. The lowest BCUT2D eigenvalue weighted by molar-refractivity contribution is 0.0279. The van der Waals surface area contributed by atoms with E-state index < -0.39 is 0 Å². The predicted octanol–water partition coefficient (Wildman–Crippen LogP) is 3.04. The Balaban J connectivity index is 1.94. The van der Waals surface area contributed by atoms with E-state index in [1.807, 2.05) is 11.8 Å². The Morgan fingerprint density at radius 3 is 2.88 bits per heavy atom. The molecule has 0 amide bonds. The van der Waals surface area contributed by atoms with Gasteiger partial charge in [-0.15, -0.1) is 0 Å². The lowest BCUT2D eigenvalue weighted by Crippen LogP contribution is -2.45. The van der Waals surface area contributed by atoms with Gasteiger partial charge in [0.25, 0.3) is 0 Å². The summed E-state index contributed by atoms with van der Waals surface area (Å²) in [6.07, 6.45) is 3.25. The highest BCUT2D eigenvalue weighted by Crippen LogP contribution is 2.44. The van der Waals surface area contributed by atoms with E-state index in [1.165, 1.54) is 22.6 Å². The highest BCUT2D eigenvalue weighted by molar-refractivity contribution is 7.99. The van der Waals surface area contributed by atoms with E-state index >= 15 is 0 Å². The molecule has 1 saturated heterocycles. The van der Waals surface area contributed by atoms with Crippen molar-refractivity contribution in [3.05, 3.63) is 29.3 Å². The van der Waals surface area contributed by atoms with Crippen LogP contribution < -0.4 is 10.5 Å². The van der Waals surface area contributed by atoms with Crippen LogP contribution in [0.1, 0.15) is 36.4 Å². The molecular weight excluding hydrogens is 230 g/mol. The first-order valence-corrected chi connectivity index (χ1v) is 7.47. The molecule has 0 aliphatic carbocycles. The Labute approximate surface area is 107 Å². The topological polar surface area (TPSA) is 35.2 Å². The minimum Gasteiger partial charge on any atom is -0.487 e. The Morgan fingerprint density at radius 2 is 2.12 bits per heavy atom. The van der Waals surface area contributed by atoms with E-state index in [-0.39, 0.29) is 11.6 Å². The van der Waals surface area contributed by atoms with Crippen LogP contribution in [0, 0.1) is 6.92 Å². The summed E-state index contributed by atoms with van der Waals surface area (Å²) in [5, 5.41) is 0. The molecule has 92 valence electrons. The van der Waals surface area contributed by atoms with Crippen molar-refractivity contribution in [2.75, 3.05) is 11.5 Å². The second-order valence-corrected chi connectivity index (χ2v) is 6.47. The first-order chi connectivity index (χ1) is 8.19. The Bertz CT molecular complexity index is 426. The maximum atomic E-state index is 6.33. The third-order valence-corrected chi connectivity index (χ3v) is 4.87. The summed E-state index contributed by atoms with van der Waals surface area (Å²) in [7, 11) is 0. The average Bonchev–Trinajstić information content (AvgIpc) is 2.31. The van der Waals surface area contributed by atoms with Crippen LogP contribution in [-0.4, -0.2) is 17.1 Å². The lowest BCUT2D eigenvalue weighted by atomic mass is 9.83. The van der Waals surface area contributed by atoms with Crippen LogP contribution in [0.4, 0.5) is 0 Å². The summed E-state index contributed by atoms with van der Waals surface area (Å²) in [4.78, 5) is 0. The molecule has 17 heavy (non-hydrogen) atoms. The number of aryl methyl sites for hydroxylation is 1. The maximum absolute atomic E-state index is 6.33. The van der Waals surface area contributed by atoms with E-state index in [0.717, 1.165) is 25.0 Å². The van der Waals surface area contributed by atoms with Crippen molar-refractivity contribution in [3.63, 3.8) is 0 Å². The van der Waals surface area contributed by atoms with Gasteiger partial charge in [-0.1, -0.05) is 17.7 Å². The molecular formula is C14H19NOS. The first kappa shape index (κ1) is 11.4. The molecule has 2 heterocycles. The molecule has 1 aromatic rings. The molecule has 1 aromatic carbocycles. The smallest absolute Gasteiger partial charge is 0.124 e. The van der Waals surface area contributed by atoms with Gasteiger partial charge in [-0.25, -0.2) is 0 Å². The maximum Gasteiger partial charge on any atom is 0.124 e. The van der Waals surface area contributed by atoms with Crippen molar-refractivity contribution in [2.24, 2.45) is 5.73 Å². The minimum atomic E-state index is 0.0208. The highest BCUT2D eigenvalue weighted by Gasteiger charge is 2.40. The van der Waals surface area contributed by atoms with Gasteiger partial charge in [0.1, 0.15) is 11.4 Å². The number of ether oxygens (including phenoxy) is 1. The zero-order chi connectivity index (χ0) is 11.9. The summed E-state index contributed by atoms with van der Waals surface area (Å²) in [5.74, 6) is 3.42. The molecule has 0 radical (unpaired) electrons. The normalized spacial score (nSPS) is 26.4. The van der Waals surface area contributed by atoms with Crippen LogP contribution in [0.15, 0.2) is 18.2 Å². The molecule has 0 saturated carbocycles. The van der Waals surface area contributed by atoms with Gasteiger partial charge in [-0.05, 0) is 37.3 Å². The SMILES string of the molecule is Cc1ccc2c(c1)[C@H](N)CC1(CCSCC1)O2. The fraction of sp³-hybridized carbons (Fsp3) is 0.571. The molecule has 1 spiro atoms. The second-order valence-electron chi connectivity index (χ2n) is 5.25. The van der Waals surface area contributed by atoms with Crippen LogP contribution in [0.25, 0.3) is 0 Å². The van der Waals surface area contributed by atoms with Crippen LogP contribution in [-0.2, 0) is 0 Å². The molecule has 2 N–H and O–H groups in total. The van der Waals surface area contributed by atoms with Crippen LogP contribution in [0.5, 0.6) is 5.75 Å². The van der Waals surface area contributed by atoms with Crippen molar-refractivity contribution in [1.29, 1.82) is 0 Å². The van der Waals surface area contributed by atoms with Crippen LogP contribution in [0.2, 0.25) is 0 Å². The number of thioether (sulfide) groups is 1. The molecule has 3 heteroatoms. The molecule has 0 bridgehead atoms. The quantitative estimate of drug-likeness (QED) is 0.767. The zero-order valence-corrected chi connectivity index (χ0v) is 11.1. The number of nitrogens with two attached hydrogens (primary N) is 1. The van der Waals surface area contributed by atoms with Crippen LogP contribution >= 0.6 is 11.8 Å². The number of rotatable bonds is 0. The summed E-state index contributed by atoms with van der Waals surface area (Å²) in [6, 6.07) is 6.52. The van der Waals surface area contributed by atoms with Gasteiger partial charge in [-0.3, -0.25) is 0 Å². The molecule has 2 aliphatic rings. The van der Waals surface area contributed by atoms with E-state index in [0.29, 0.717) is 0 Å². The number of hydrogen-bond acceptors (Lipinski definition) is 3. The van der Waals surface area contributed by atoms with E-state index in [1.54, 1.807) is 0 Å². The van der Waals surface area contributed by atoms with Gasteiger partial charge >= 0.3 is 0 Å². The highest BCUT2D eigenvalue weighted by atomic mass is 32.2. The number of hydrogen-bond donors (Lipinski definition) is 1. The molecule has 2 aliphatic heterocycles. The number of benzene rings is 1. The molecule has 1 atom stereocenters. The molecule has 3 rings (SSSR count). The zero-order valence-electron chi connectivity index (χ0n) is 10.2. The van der Waals surface area contributed by atoms with Gasteiger partial charge in [0.15, 0.2) is 0 Å². The summed E-state index contributed by atoms with van der Waals surface area (Å²) in [6.45, 7) is 2.11. The first-order valence-electron chi connectivity index (χ1n) is 6.31. The fourth-order valence-corrected chi connectivity index (χ4v) is 4.12. The summed E-state index contributed by atoms with van der Waals surface area (Å²) >= 11 is 2.03. The van der Waals surface area contributed by atoms with E-state index in [2.05, 4.69) is 25.1 Å². The third-order valence-electron chi connectivity index (χ3n) is 3.89. The van der Waals surface area contributed by atoms with E-state index in [4.69, 9.17) is 10.5 Å². The summed E-state index contributed by atoms with van der Waals surface area (Å²) < 4.78 is 6.29. The predicted molar refractivity (Wildman–Crippen MR) is 72.6 cm³/mol. The van der Waals surface area contributed by atoms with Crippen molar-refractivity contribution >= 4 is 11.8 Å². The standard InChI is InChI=1S/C14H19NOS/c1-10-2-3-13-11(8-10)12(15)9-14(16-13)4-6-17-7-5-14/h2-3,8,12H,4-7,9,15H2,1H3/t12-/m1/s1. The largest absolute Gasteiger partial charge is 0.487 e. The fourth-order valence-electron chi connectivity index (χ4n) is 2.89. The van der Waals surface area contributed by atoms with Gasteiger partial charge in [0, 0.05) is 18.0 Å². The number of fused-ring (bicyclic) bond motifs is 1. The second kappa shape index (κ2) is 4.21. The van der Waals surface area contributed by atoms with Crippen molar-refractivity contribution in [2.45, 2.75) is 37.8 Å². The monoisotopic (exact) mass is 249 g/mol. The molecule has 1 fully saturated rings. The van der Waals surface area contributed by atoms with Gasteiger partial charge in [0.2, 0.25) is 0 Å². The van der Waals surface area contributed by atoms with Crippen LogP contribution in [0.3, 0.4) is 0 Å². The Morgan fingerprint density at radius 1 is 1.35 bits per heavy atom. The summed E-state index contributed by atoms with van der Waals surface area (Å²) in [5.41, 5.74) is 8.81. The Kier molecular flexibility index (Phi) is 2.83. The third kappa shape index (κ3) is 2.06. The molecule has 2 nitrogen and oxygen atoms in total. The van der Waals surface area contributed by atoms with Gasteiger partial charge < -0.3 is 10.5 Å². The van der Waals surface area contributed by atoms with Crippen molar-refractivity contribution in [3.8, 4) is 5.75 Å². The van der Waals surface area contributed by atoms with Gasteiger partial charge in [-0.2, -0.15) is 11.8 Å².